The first-order valence-electron chi connectivity index (χ1n) is 51.0. The van der Waals surface area contributed by atoms with Gasteiger partial charge in [-0.3, -0.25) is 38.4 Å². The van der Waals surface area contributed by atoms with Crippen molar-refractivity contribution in [2.75, 3.05) is 160 Å². The summed E-state index contributed by atoms with van der Waals surface area (Å²) in [6.45, 7) is 15.6. The van der Waals surface area contributed by atoms with Gasteiger partial charge >= 0.3 is 0 Å². The zero-order valence-corrected chi connectivity index (χ0v) is 88.1. The summed E-state index contributed by atoms with van der Waals surface area (Å²) < 4.78 is 140. The highest BCUT2D eigenvalue weighted by Crippen LogP contribution is 2.63. The SMILES string of the molecule is CC1(CCCSC[C@H](NC(=O)c2ccc(F)cc2)C(=O)N2CCCCC2)C[C@H]1c1ccc(F)cc1.CCN1CCN(C(=O)[C@H](CS(=O)(=O)CCCC2(C)C[C@H]2c2ccc(OC)cc2)NC(=O)c2ccc(F)cc2)CC1.COc1ccc([C@@H]2CC2CCCNC[C@H](NC(=O)c2ccc(F)cc2)C(=O)N2CCOCC2)cc1.O=C(N[C@@H](CS(=O)(=O)CCCC1C[C@H]1c1ccc(Cl)c(Cl)c1)C(=O)N1CCOCC1)c1ccc(F)cc1. The molecule has 16 rings (SSSR count). The van der Waals surface area contributed by atoms with Crippen molar-refractivity contribution < 1.29 is 96.1 Å². The van der Waals surface area contributed by atoms with Crippen molar-refractivity contribution in [3.05, 3.63) is 272 Å². The van der Waals surface area contributed by atoms with E-state index < -0.39 is 108 Å². The van der Waals surface area contributed by atoms with Crippen LogP contribution in [0.3, 0.4) is 0 Å². The Bertz CT molecular complexity index is 5940. The number of morpholine rings is 2. The first-order valence-corrected chi connectivity index (χ1v) is 56.6. The van der Waals surface area contributed by atoms with E-state index in [4.69, 9.17) is 42.1 Å². The third-order valence-electron chi connectivity index (χ3n) is 29.2. The molecule has 36 heteroatoms. The Morgan fingerprint density at radius 3 is 1.22 bits per heavy atom. The maximum atomic E-state index is 13.4. The van der Waals surface area contributed by atoms with Crippen LogP contribution >= 0.6 is 35.0 Å². The van der Waals surface area contributed by atoms with E-state index >= 15 is 0 Å². The topological polar surface area (TPSA) is 318 Å². The zero-order chi connectivity index (χ0) is 105. The molecule has 8 aromatic carbocycles. The number of ether oxygens (including phenoxy) is 4. The summed E-state index contributed by atoms with van der Waals surface area (Å²) in [5.41, 5.74) is 6.16. The molecule has 4 aliphatic heterocycles. The van der Waals surface area contributed by atoms with Crippen molar-refractivity contribution in [2.45, 2.75) is 165 Å². The molecule has 147 heavy (non-hydrogen) atoms. The second kappa shape index (κ2) is 54.2. The van der Waals surface area contributed by atoms with Gasteiger partial charge in [-0.25, -0.2) is 38.8 Å². The first kappa shape index (κ1) is 114. The highest BCUT2D eigenvalue weighted by Gasteiger charge is 2.52. The van der Waals surface area contributed by atoms with Crippen LogP contribution in [0.15, 0.2) is 188 Å². The quantitative estimate of drug-likeness (QED) is 0.0175. The fraction of sp³-hybridized carbons (Fsp3) is 0.495. The first-order chi connectivity index (χ1) is 70.6. The summed E-state index contributed by atoms with van der Waals surface area (Å²) in [6, 6.07) is 45.5. The van der Waals surface area contributed by atoms with Gasteiger partial charge in [0.05, 0.1) is 73.7 Å². The largest absolute Gasteiger partial charge is 0.497 e. The van der Waals surface area contributed by atoms with Crippen LogP contribution in [0.25, 0.3) is 0 Å². The number of amides is 8. The molecule has 4 saturated heterocycles. The van der Waals surface area contributed by atoms with Crippen LogP contribution in [0.2, 0.25) is 10.0 Å². The second-order valence-electron chi connectivity index (χ2n) is 39.9. The zero-order valence-electron chi connectivity index (χ0n) is 84.2. The molecular weight excluding hydrogens is 1990 g/mol. The summed E-state index contributed by atoms with van der Waals surface area (Å²) in [4.78, 5) is 113. The Balaban J connectivity index is 0.000000164. The summed E-state index contributed by atoms with van der Waals surface area (Å²) in [6.07, 6.45) is 14.0. The number of methoxy groups -OCH3 is 2. The van der Waals surface area contributed by atoms with Crippen LogP contribution in [0.1, 0.15) is 204 Å². The van der Waals surface area contributed by atoms with Gasteiger partial charge in [0.15, 0.2) is 19.7 Å². The number of rotatable bonds is 43. The molecule has 8 aromatic rings. The smallest absolute Gasteiger partial charge is 0.251 e. The Kier molecular flexibility index (Phi) is 41.9. The van der Waals surface area contributed by atoms with Crippen LogP contribution in [-0.2, 0) is 48.3 Å². The molecule has 4 aliphatic carbocycles. The minimum absolute atomic E-state index is 0.0295. The van der Waals surface area contributed by atoms with Gasteiger partial charge in [0.1, 0.15) is 64.8 Å². The highest BCUT2D eigenvalue weighted by atomic mass is 35.5. The van der Waals surface area contributed by atoms with Crippen molar-refractivity contribution in [3.8, 4) is 11.5 Å². The number of sulfone groups is 2. The van der Waals surface area contributed by atoms with E-state index in [1.54, 1.807) is 41.8 Å². The number of carbonyl (C=O) groups is 8. The molecule has 8 fully saturated rings. The van der Waals surface area contributed by atoms with Gasteiger partial charge in [0.25, 0.3) is 23.6 Å². The van der Waals surface area contributed by atoms with Gasteiger partial charge in [-0.05, 0) is 329 Å². The number of nitrogens with zero attached hydrogens (tertiary/aromatic N) is 5. The molecule has 0 bridgehead atoms. The van der Waals surface area contributed by atoms with Crippen LogP contribution < -0.4 is 36.1 Å². The fourth-order valence-electron chi connectivity index (χ4n) is 19.9. The number of piperazine rings is 1. The monoisotopic (exact) mass is 2130 g/mol. The average Bonchev–Trinajstić information content (AvgIpc) is 1.60. The van der Waals surface area contributed by atoms with Crippen molar-refractivity contribution in [1.29, 1.82) is 0 Å². The third kappa shape index (κ3) is 34.5. The van der Waals surface area contributed by atoms with Crippen LogP contribution in [0, 0.1) is 51.8 Å². The lowest BCUT2D eigenvalue weighted by Gasteiger charge is -2.36. The summed E-state index contributed by atoms with van der Waals surface area (Å²) in [5.74, 6) is -0.137. The van der Waals surface area contributed by atoms with Gasteiger partial charge in [0, 0.05) is 100.0 Å². The van der Waals surface area contributed by atoms with E-state index in [0.717, 1.165) is 150 Å². The third-order valence-corrected chi connectivity index (χ3v) is 34.6. The number of nitrogens with one attached hydrogen (secondary N) is 5. The predicted octanol–water partition coefficient (Wildman–Crippen LogP) is 16.3. The lowest BCUT2D eigenvalue weighted by molar-refractivity contribution is -0.137. The summed E-state index contributed by atoms with van der Waals surface area (Å²) in [5, 5.41) is 15.3. The molecule has 4 heterocycles. The van der Waals surface area contributed by atoms with E-state index in [-0.39, 0.29) is 57.0 Å². The molecule has 0 aromatic heterocycles. The van der Waals surface area contributed by atoms with Gasteiger partial charge in [-0.2, -0.15) is 11.8 Å². The number of carbonyl (C=O) groups excluding carboxylic acids is 8. The van der Waals surface area contributed by atoms with Crippen molar-refractivity contribution in [1.82, 2.24) is 51.1 Å². The molecular formula is C111H137Cl2F5N10O16S3. The lowest BCUT2D eigenvalue weighted by atomic mass is 9.96. The van der Waals surface area contributed by atoms with E-state index in [2.05, 4.69) is 76.5 Å². The van der Waals surface area contributed by atoms with Crippen LogP contribution in [-0.4, -0.2) is 273 Å². The number of halogens is 7. The maximum Gasteiger partial charge on any atom is 0.251 e. The molecule has 26 nitrogen and oxygen atoms in total. The van der Waals surface area contributed by atoms with Crippen LogP contribution in [0.4, 0.5) is 22.0 Å². The number of hydrogen-bond acceptors (Lipinski definition) is 19. The Morgan fingerprint density at radius 1 is 0.422 bits per heavy atom. The van der Waals surface area contributed by atoms with Gasteiger partial charge in [-0.1, -0.05) is 86.4 Å². The highest BCUT2D eigenvalue weighted by molar-refractivity contribution is 7.99. The number of thioether (sulfide) groups is 1. The van der Waals surface area contributed by atoms with E-state index in [1.165, 1.54) is 113 Å². The second-order valence-corrected chi connectivity index (χ2v) is 46.4. The number of likely N-dealkylation sites (tertiary alicyclic amines) is 1. The molecule has 5 N–H and O–H groups in total. The standard InChI is InChI=1S/C30H40FN3O5S.C28H34F2N2O2S.C27H34FN3O4.C26H29Cl2FN2O5S/c1-4-33-15-17-34(18-16-33)29(36)27(32-28(35)23-6-10-24(31)11-7-23)21-40(37,38)19-5-14-30(2)20-26(30)22-8-12-25(39-3)13-9-22;1-28(18-24(28)20-6-10-22(29)11-7-20)14-5-17-35-19-25(27(34)32-15-3-2-4-16-32)31-26(33)21-8-12-23(30)13-9-21;1-34-23-10-6-19(7-11-23)24-17-21(24)3-2-12-29-18-25(27(33)31-13-15-35-16-14-31)30-26(32)20-4-8-22(28)9-5-20;27-22-8-5-19(15-23(22)28)21-14-18(21)2-1-13-37(34,35)16-24(26(33)31-9-11-36-12-10-31)30-25(32)17-3-6-20(29)7-4-17/h6-13,26-27H,4-5,14-21H2,1-3H3,(H,32,35);6-13,24-25H,2-5,14-19H2,1H3,(H,31,33);4-11,21,24-25,29H,2-3,12-18H2,1H3,(H,30,32);3-8,15,18,21,24H,1-2,9-14,16H2,(H,30,32)/t26-,27-,30?;24-,25-,28?;21?,24-,25-;18?,21-,24+/m0001/s1. The number of likely N-dealkylation sites (N-methyl/N-ethyl adjacent to an activating group) is 1. The molecule has 0 spiro atoms. The van der Waals surface area contributed by atoms with Crippen molar-refractivity contribution in [2.24, 2.45) is 22.7 Å². The number of benzene rings is 8. The van der Waals surface area contributed by atoms with Crippen molar-refractivity contribution in [3.63, 3.8) is 0 Å². The van der Waals surface area contributed by atoms with Gasteiger partial charge in [-0.15, -0.1) is 0 Å². The maximum absolute atomic E-state index is 13.4. The minimum atomic E-state index is -3.65. The molecule has 4 unspecified atom stereocenters. The lowest BCUT2D eigenvalue weighted by Crippen LogP contribution is -2.56. The predicted molar refractivity (Wildman–Crippen MR) is 560 cm³/mol. The van der Waals surface area contributed by atoms with Gasteiger partial charge < -0.3 is 70.0 Å². The molecule has 4 saturated carbocycles. The average molecular weight is 2130 g/mol. The molecule has 0 radical (unpaired) electrons. The fourth-order valence-corrected chi connectivity index (χ4v) is 24.2. The molecule has 8 amide bonds. The molecule has 8 aliphatic rings. The van der Waals surface area contributed by atoms with E-state index in [9.17, 15) is 77.1 Å². The van der Waals surface area contributed by atoms with E-state index in [1.807, 2.05) is 53.4 Å². The normalized spacial score (nSPS) is 21.3. The number of piperidine rings is 1. The Morgan fingerprint density at radius 2 is 0.782 bits per heavy atom. The minimum Gasteiger partial charge on any atom is -0.497 e. The van der Waals surface area contributed by atoms with Crippen molar-refractivity contribution >= 4 is 102 Å². The van der Waals surface area contributed by atoms with E-state index in [0.29, 0.717) is 161 Å². The molecule has 794 valence electrons. The summed E-state index contributed by atoms with van der Waals surface area (Å²) in [7, 11) is -3.99. The Labute approximate surface area is 874 Å². The molecule has 12 atom stereocenters. The Hall–Kier alpha value is -10.6. The van der Waals surface area contributed by atoms with Crippen LogP contribution in [0.5, 0.6) is 11.5 Å². The number of hydrogen-bond donors (Lipinski definition) is 5. The van der Waals surface area contributed by atoms with Gasteiger partial charge in [0.2, 0.25) is 23.6 Å². The summed E-state index contributed by atoms with van der Waals surface area (Å²) >= 11 is 13.8.